The molecular formula is C21H18FN5O2. The third-order valence-corrected chi connectivity index (χ3v) is 4.57. The van der Waals surface area contributed by atoms with Gasteiger partial charge in [-0.05, 0) is 43.3 Å². The van der Waals surface area contributed by atoms with Crippen LogP contribution in [0.2, 0.25) is 0 Å². The molecule has 8 heteroatoms. The zero-order valence-corrected chi connectivity index (χ0v) is 15.7. The number of anilines is 1. The van der Waals surface area contributed by atoms with Gasteiger partial charge in [0, 0.05) is 18.7 Å². The average Bonchev–Trinajstić information content (AvgIpc) is 3.13. The van der Waals surface area contributed by atoms with E-state index in [0.717, 1.165) is 0 Å². The number of aryl methyl sites for hydroxylation is 1. The second-order valence-electron chi connectivity index (χ2n) is 6.55. The van der Waals surface area contributed by atoms with Crippen LogP contribution in [-0.2, 0) is 11.3 Å². The molecule has 2 aromatic heterocycles. The molecule has 2 aromatic carbocycles. The van der Waals surface area contributed by atoms with Crippen molar-refractivity contribution < 1.29 is 9.18 Å². The molecule has 0 fully saturated rings. The van der Waals surface area contributed by atoms with Crippen LogP contribution >= 0.6 is 0 Å². The van der Waals surface area contributed by atoms with Crippen molar-refractivity contribution >= 4 is 22.6 Å². The lowest BCUT2D eigenvalue weighted by atomic mass is 10.3. The van der Waals surface area contributed by atoms with Crippen LogP contribution < -0.4 is 10.9 Å². The fourth-order valence-electron chi connectivity index (χ4n) is 3.10. The average molecular weight is 391 g/mol. The number of para-hydroxylation sites is 1. The largest absolute Gasteiger partial charge is 0.326 e. The van der Waals surface area contributed by atoms with Crippen LogP contribution in [-0.4, -0.2) is 25.2 Å². The first-order chi connectivity index (χ1) is 14.0. The first-order valence-corrected chi connectivity index (χ1v) is 9.09. The fraction of sp³-hybridized carbons (Fsp3) is 0.143. The zero-order chi connectivity index (χ0) is 20.4. The Morgan fingerprint density at radius 1 is 1.10 bits per heavy atom. The van der Waals surface area contributed by atoms with E-state index in [9.17, 15) is 14.0 Å². The van der Waals surface area contributed by atoms with Gasteiger partial charge in [-0.15, -0.1) is 0 Å². The Labute approximate surface area is 165 Å². The molecule has 4 aromatic rings. The monoisotopic (exact) mass is 391 g/mol. The molecule has 0 radical (unpaired) electrons. The van der Waals surface area contributed by atoms with Crippen LogP contribution in [0.5, 0.6) is 0 Å². The standard InChI is InChI=1S/C21H18FN5O2/c1-14-24-20-18(13-23-27(20)17-9-7-15(22)8-10-17)21(29)26(14)12-11-19(28)25-16-5-3-2-4-6-16/h2-10,13H,11-12H2,1H3,(H,25,28). The van der Waals surface area contributed by atoms with E-state index in [-0.39, 0.29) is 30.2 Å². The Hall–Kier alpha value is -3.81. The summed E-state index contributed by atoms with van der Waals surface area (Å²) in [5, 5.41) is 7.36. The molecule has 7 nitrogen and oxygen atoms in total. The van der Waals surface area contributed by atoms with Crippen molar-refractivity contribution in [3.63, 3.8) is 0 Å². The first-order valence-electron chi connectivity index (χ1n) is 9.09. The molecule has 0 unspecified atom stereocenters. The Kier molecular flexibility index (Phi) is 4.90. The summed E-state index contributed by atoms with van der Waals surface area (Å²) in [7, 11) is 0. The summed E-state index contributed by atoms with van der Waals surface area (Å²) in [4.78, 5) is 29.6. The predicted molar refractivity (Wildman–Crippen MR) is 108 cm³/mol. The summed E-state index contributed by atoms with van der Waals surface area (Å²) >= 11 is 0. The van der Waals surface area contributed by atoms with Crippen LogP contribution in [0.1, 0.15) is 12.2 Å². The summed E-state index contributed by atoms with van der Waals surface area (Å²) in [6.45, 7) is 1.91. The highest BCUT2D eigenvalue weighted by molar-refractivity contribution is 5.90. The third-order valence-electron chi connectivity index (χ3n) is 4.57. The van der Waals surface area contributed by atoms with Gasteiger partial charge in [-0.2, -0.15) is 5.10 Å². The maximum atomic E-state index is 13.2. The molecule has 29 heavy (non-hydrogen) atoms. The first kappa shape index (κ1) is 18.5. The number of nitrogens with zero attached hydrogens (tertiary/aromatic N) is 4. The van der Waals surface area contributed by atoms with Gasteiger partial charge < -0.3 is 5.32 Å². The van der Waals surface area contributed by atoms with Gasteiger partial charge in [-0.1, -0.05) is 18.2 Å². The lowest BCUT2D eigenvalue weighted by Gasteiger charge is -2.10. The second-order valence-corrected chi connectivity index (χ2v) is 6.55. The van der Waals surface area contributed by atoms with E-state index in [4.69, 9.17) is 0 Å². The molecule has 1 amide bonds. The van der Waals surface area contributed by atoms with E-state index in [0.29, 0.717) is 28.2 Å². The van der Waals surface area contributed by atoms with E-state index >= 15 is 0 Å². The summed E-state index contributed by atoms with van der Waals surface area (Å²) in [6.07, 6.45) is 1.57. The lowest BCUT2D eigenvalue weighted by Crippen LogP contribution is -2.26. The number of aromatic nitrogens is 4. The molecule has 0 aliphatic rings. The van der Waals surface area contributed by atoms with Crippen LogP contribution in [0.25, 0.3) is 16.7 Å². The maximum Gasteiger partial charge on any atom is 0.264 e. The van der Waals surface area contributed by atoms with Crippen molar-refractivity contribution in [2.75, 3.05) is 5.32 Å². The third kappa shape index (κ3) is 3.77. The highest BCUT2D eigenvalue weighted by Gasteiger charge is 2.15. The lowest BCUT2D eigenvalue weighted by molar-refractivity contribution is -0.116. The Bertz CT molecular complexity index is 1230. The topological polar surface area (TPSA) is 81.8 Å². The van der Waals surface area contributed by atoms with Crippen molar-refractivity contribution in [3.8, 4) is 5.69 Å². The van der Waals surface area contributed by atoms with Crippen molar-refractivity contribution in [1.82, 2.24) is 19.3 Å². The molecule has 4 rings (SSSR count). The van der Waals surface area contributed by atoms with E-state index in [1.54, 1.807) is 31.2 Å². The number of fused-ring (bicyclic) bond motifs is 1. The number of rotatable bonds is 5. The summed E-state index contributed by atoms with van der Waals surface area (Å²) in [6, 6.07) is 14.9. The van der Waals surface area contributed by atoms with Gasteiger partial charge in [-0.3, -0.25) is 14.2 Å². The van der Waals surface area contributed by atoms with Crippen molar-refractivity contribution in [1.29, 1.82) is 0 Å². The second kappa shape index (κ2) is 7.67. The molecule has 0 aliphatic carbocycles. The van der Waals surface area contributed by atoms with E-state index in [1.807, 2.05) is 18.2 Å². The van der Waals surface area contributed by atoms with E-state index in [1.165, 1.54) is 27.6 Å². The maximum absolute atomic E-state index is 13.2. The van der Waals surface area contributed by atoms with Crippen LogP contribution in [0.3, 0.4) is 0 Å². The van der Waals surface area contributed by atoms with Crippen LogP contribution in [0.15, 0.2) is 65.6 Å². The molecule has 0 bridgehead atoms. The van der Waals surface area contributed by atoms with Gasteiger partial charge in [-0.25, -0.2) is 14.1 Å². The number of carbonyl (C=O) groups excluding carboxylic acids is 1. The summed E-state index contributed by atoms with van der Waals surface area (Å²) in [5.41, 5.74) is 1.43. The highest BCUT2D eigenvalue weighted by Crippen LogP contribution is 2.15. The van der Waals surface area contributed by atoms with Gasteiger partial charge in [0.15, 0.2) is 5.65 Å². The van der Waals surface area contributed by atoms with Gasteiger partial charge >= 0.3 is 0 Å². The quantitative estimate of drug-likeness (QED) is 0.567. The van der Waals surface area contributed by atoms with E-state index in [2.05, 4.69) is 15.4 Å². The van der Waals surface area contributed by atoms with Gasteiger partial charge in [0.1, 0.15) is 17.0 Å². The Balaban J connectivity index is 1.59. The Morgan fingerprint density at radius 3 is 2.55 bits per heavy atom. The van der Waals surface area contributed by atoms with Crippen molar-refractivity contribution in [2.45, 2.75) is 19.9 Å². The smallest absolute Gasteiger partial charge is 0.264 e. The molecule has 0 spiro atoms. The van der Waals surface area contributed by atoms with Crippen LogP contribution in [0.4, 0.5) is 10.1 Å². The molecule has 0 aliphatic heterocycles. The SMILES string of the molecule is Cc1nc2c(cnn2-c2ccc(F)cc2)c(=O)n1CCC(=O)Nc1ccccc1. The molecular weight excluding hydrogens is 373 g/mol. The fourth-order valence-corrected chi connectivity index (χ4v) is 3.10. The molecule has 0 saturated carbocycles. The molecule has 0 saturated heterocycles. The number of halogens is 1. The minimum Gasteiger partial charge on any atom is -0.326 e. The number of benzene rings is 2. The number of hydrogen-bond donors (Lipinski definition) is 1. The van der Waals surface area contributed by atoms with Gasteiger partial charge in [0.05, 0.1) is 11.9 Å². The molecule has 146 valence electrons. The van der Waals surface area contributed by atoms with Gasteiger partial charge in [0.2, 0.25) is 5.91 Å². The van der Waals surface area contributed by atoms with Crippen molar-refractivity contribution in [2.24, 2.45) is 0 Å². The Morgan fingerprint density at radius 2 is 1.83 bits per heavy atom. The number of nitrogens with one attached hydrogen (secondary N) is 1. The number of hydrogen-bond acceptors (Lipinski definition) is 4. The molecule has 1 N–H and O–H groups in total. The summed E-state index contributed by atoms with van der Waals surface area (Å²) < 4.78 is 16.1. The highest BCUT2D eigenvalue weighted by atomic mass is 19.1. The molecule has 0 atom stereocenters. The minimum atomic E-state index is -0.356. The number of amides is 1. The minimum absolute atomic E-state index is 0.134. The van der Waals surface area contributed by atoms with E-state index < -0.39 is 0 Å². The van der Waals surface area contributed by atoms with Crippen LogP contribution in [0, 0.1) is 12.7 Å². The zero-order valence-electron chi connectivity index (χ0n) is 15.7. The van der Waals surface area contributed by atoms with Gasteiger partial charge in [0.25, 0.3) is 5.56 Å². The molecule has 2 heterocycles. The number of carbonyl (C=O) groups is 1. The normalized spacial score (nSPS) is 11.0. The predicted octanol–water partition coefficient (Wildman–Crippen LogP) is 3.06. The van der Waals surface area contributed by atoms with Crippen molar-refractivity contribution in [3.05, 3.63) is 82.8 Å². The summed E-state index contributed by atoms with van der Waals surface area (Å²) in [5.74, 6) is -0.0750.